The van der Waals surface area contributed by atoms with E-state index in [1.54, 1.807) is 7.11 Å². The molecule has 1 aromatic heterocycles. The Labute approximate surface area is 124 Å². The van der Waals surface area contributed by atoms with Crippen LogP contribution in [0.4, 0.5) is 0 Å². The van der Waals surface area contributed by atoms with Crippen LogP contribution in [0.25, 0.3) is 0 Å². The lowest BCUT2D eigenvalue weighted by molar-refractivity contribution is -0.142. The van der Waals surface area contributed by atoms with Gasteiger partial charge in [0.15, 0.2) is 0 Å². The third kappa shape index (κ3) is 4.22. The van der Waals surface area contributed by atoms with Crippen LogP contribution in [0.2, 0.25) is 0 Å². The summed E-state index contributed by atoms with van der Waals surface area (Å²) in [5.74, 6) is -0.254. The van der Waals surface area contributed by atoms with Crippen molar-refractivity contribution in [1.29, 1.82) is 0 Å². The number of carboxylic acid groups (broad SMARTS) is 1. The van der Waals surface area contributed by atoms with Crippen LogP contribution in [-0.2, 0) is 33.5 Å². The normalized spacial score (nSPS) is 17.5. The van der Waals surface area contributed by atoms with Crippen LogP contribution in [0.5, 0.6) is 0 Å². The lowest BCUT2D eigenvalue weighted by Crippen LogP contribution is -2.25. The fourth-order valence-corrected chi connectivity index (χ4v) is 2.58. The highest BCUT2D eigenvalue weighted by atomic mass is 16.5. The summed E-state index contributed by atoms with van der Waals surface area (Å²) in [7, 11) is 1.64. The fraction of sp³-hybridized carbons (Fsp3) is 0.667. The molecule has 116 valence electrons. The maximum Gasteiger partial charge on any atom is 0.306 e. The Morgan fingerprint density at radius 1 is 1.33 bits per heavy atom. The minimum absolute atomic E-state index is 0.303. The van der Waals surface area contributed by atoms with Crippen LogP contribution in [0, 0.1) is 12.8 Å². The molecule has 6 nitrogen and oxygen atoms in total. The number of hydrogen-bond donors (Lipinski definition) is 1. The van der Waals surface area contributed by atoms with Gasteiger partial charge < -0.3 is 14.6 Å². The molecule has 0 spiro atoms. The first-order chi connectivity index (χ1) is 10.1. The number of carbonyl (C=O) groups is 1. The molecule has 1 heterocycles. The van der Waals surface area contributed by atoms with E-state index < -0.39 is 5.97 Å². The highest BCUT2D eigenvalue weighted by molar-refractivity contribution is 5.71. The Kier molecular flexibility index (Phi) is 5.64. The highest BCUT2D eigenvalue weighted by Gasteiger charge is 2.27. The average molecular weight is 294 g/mol. The zero-order chi connectivity index (χ0) is 15.2. The zero-order valence-corrected chi connectivity index (χ0v) is 12.6. The molecule has 0 bridgehead atoms. The molecule has 21 heavy (non-hydrogen) atoms. The molecule has 0 fully saturated rings. The topological polar surface area (TPSA) is 81.5 Å². The minimum atomic E-state index is -0.726. The van der Waals surface area contributed by atoms with E-state index >= 15 is 0 Å². The van der Waals surface area contributed by atoms with Crippen LogP contribution in [-0.4, -0.2) is 48.0 Å². The number of aryl methyl sites for hydroxylation is 2. The Morgan fingerprint density at radius 2 is 2.14 bits per heavy atom. The SMILES string of the molecule is COCCOCCc1nc(C)c2c(n1)CCC(C(=O)O)C2. The van der Waals surface area contributed by atoms with E-state index in [4.69, 9.17) is 14.6 Å². The summed E-state index contributed by atoms with van der Waals surface area (Å²) >= 11 is 0. The lowest BCUT2D eigenvalue weighted by Gasteiger charge is -2.22. The summed E-state index contributed by atoms with van der Waals surface area (Å²) in [5, 5.41) is 9.13. The molecule has 2 rings (SSSR count). The van der Waals surface area contributed by atoms with E-state index in [1.165, 1.54) is 0 Å². The molecule has 1 N–H and O–H groups in total. The maximum atomic E-state index is 11.1. The first-order valence-electron chi connectivity index (χ1n) is 7.26. The van der Waals surface area contributed by atoms with Crippen molar-refractivity contribution in [3.8, 4) is 0 Å². The molecule has 1 atom stereocenters. The van der Waals surface area contributed by atoms with Gasteiger partial charge >= 0.3 is 5.97 Å². The average Bonchev–Trinajstić information content (AvgIpc) is 2.46. The summed E-state index contributed by atoms with van der Waals surface area (Å²) in [5.41, 5.74) is 2.92. The van der Waals surface area contributed by atoms with E-state index in [2.05, 4.69) is 9.97 Å². The van der Waals surface area contributed by atoms with Crippen LogP contribution in [0.1, 0.15) is 29.2 Å². The van der Waals surface area contributed by atoms with Crippen molar-refractivity contribution < 1.29 is 19.4 Å². The monoisotopic (exact) mass is 294 g/mol. The first-order valence-corrected chi connectivity index (χ1v) is 7.26. The molecule has 0 saturated carbocycles. The van der Waals surface area contributed by atoms with Gasteiger partial charge in [0.1, 0.15) is 5.82 Å². The number of fused-ring (bicyclic) bond motifs is 1. The van der Waals surface area contributed by atoms with Gasteiger partial charge in [0.2, 0.25) is 0 Å². The maximum absolute atomic E-state index is 11.1. The first kappa shape index (κ1) is 15.9. The van der Waals surface area contributed by atoms with E-state index in [1.807, 2.05) is 6.92 Å². The molecular formula is C15H22N2O4. The molecule has 1 aliphatic carbocycles. The molecule has 1 unspecified atom stereocenters. The molecule has 1 aromatic rings. The van der Waals surface area contributed by atoms with Gasteiger partial charge in [-0.15, -0.1) is 0 Å². The number of nitrogens with zero attached hydrogens (tertiary/aromatic N) is 2. The number of carboxylic acids is 1. The molecule has 0 amide bonds. The molecule has 0 radical (unpaired) electrons. The van der Waals surface area contributed by atoms with Crippen molar-refractivity contribution >= 4 is 5.97 Å². The van der Waals surface area contributed by atoms with Gasteiger partial charge in [-0.3, -0.25) is 4.79 Å². The van der Waals surface area contributed by atoms with Crippen molar-refractivity contribution in [2.24, 2.45) is 5.92 Å². The number of rotatable bonds is 7. The van der Waals surface area contributed by atoms with Crippen LogP contribution >= 0.6 is 0 Å². The van der Waals surface area contributed by atoms with E-state index in [-0.39, 0.29) is 5.92 Å². The zero-order valence-electron chi connectivity index (χ0n) is 12.6. The van der Waals surface area contributed by atoms with Gasteiger partial charge in [-0.05, 0) is 31.7 Å². The number of hydrogen-bond acceptors (Lipinski definition) is 5. The fourth-order valence-electron chi connectivity index (χ4n) is 2.58. The second-order valence-electron chi connectivity index (χ2n) is 5.28. The predicted molar refractivity (Wildman–Crippen MR) is 76.3 cm³/mol. The third-order valence-corrected chi connectivity index (χ3v) is 3.78. The number of aromatic nitrogens is 2. The van der Waals surface area contributed by atoms with Crippen molar-refractivity contribution in [3.63, 3.8) is 0 Å². The second-order valence-corrected chi connectivity index (χ2v) is 5.28. The standard InChI is InChI=1S/C15H22N2O4/c1-10-12-9-11(15(18)19)3-4-13(12)17-14(16-10)5-6-21-8-7-20-2/h11H,3-9H2,1-2H3,(H,18,19). The molecule has 1 aliphatic rings. The molecule has 6 heteroatoms. The smallest absolute Gasteiger partial charge is 0.306 e. The third-order valence-electron chi connectivity index (χ3n) is 3.78. The van der Waals surface area contributed by atoms with Crippen molar-refractivity contribution in [1.82, 2.24) is 9.97 Å². The lowest BCUT2D eigenvalue weighted by atomic mass is 9.86. The molecular weight excluding hydrogens is 272 g/mol. The van der Waals surface area contributed by atoms with E-state index in [9.17, 15) is 4.79 Å². The van der Waals surface area contributed by atoms with Crippen molar-refractivity contribution in [2.75, 3.05) is 26.9 Å². The number of methoxy groups -OCH3 is 1. The summed E-state index contributed by atoms with van der Waals surface area (Å²) in [4.78, 5) is 20.2. The summed E-state index contributed by atoms with van der Waals surface area (Å²) in [6, 6.07) is 0. The Bertz CT molecular complexity index is 505. The van der Waals surface area contributed by atoms with Crippen LogP contribution in [0.3, 0.4) is 0 Å². The molecule has 0 aliphatic heterocycles. The summed E-state index contributed by atoms with van der Waals surface area (Å²) in [6.07, 6.45) is 2.58. The minimum Gasteiger partial charge on any atom is -0.481 e. The van der Waals surface area contributed by atoms with Crippen molar-refractivity contribution in [2.45, 2.75) is 32.6 Å². The number of aliphatic carboxylic acids is 1. The van der Waals surface area contributed by atoms with Gasteiger partial charge in [-0.25, -0.2) is 9.97 Å². The van der Waals surface area contributed by atoms with E-state index in [0.29, 0.717) is 45.5 Å². The predicted octanol–water partition coefficient (Wildman–Crippen LogP) is 1.18. The van der Waals surface area contributed by atoms with Gasteiger partial charge in [0.05, 0.1) is 25.7 Å². The number of ether oxygens (including phenoxy) is 2. The molecule has 0 saturated heterocycles. The van der Waals surface area contributed by atoms with Crippen LogP contribution in [0.15, 0.2) is 0 Å². The van der Waals surface area contributed by atoms with E-state index in [0.717, 1.165) is 22.8 Å². The Morgan fingerprint density at radius 3 is 2.86 bits per heavy atom. The quantitative estimate of drug-likeness (QED) is 0.761. The van der Waals surface area contributed by atoms with Gasteiger partial charge in [-0.2, -0.15) is 0 Å². The molecule has 0 aromatic carbocycles. The highest BCUT2D eigenvalue weighted by Crippen LogP contribution is 2.26. The van der Waals surface area contributed by atoms with Gasteiger partial charge in [0, 0.05) is 24.9 Å². The Balaban J connectivity index is 1.98. The van der Waals surface area contributed by atoms with Gasteiger partial charge in [0.25, 0.3) is 0 Å². The summed E-state index contributed by atoms with van der Waals surface area (Å²) < 4.78 is 10.3. The Hall–Kier alpha value is -1.53. The van der Waals surface area contributed by atoms with Gasteiger partial charge in [-0.1, -0.05) is 0 Å². The second kappa shape index (κ2) is 7.47. The summed E-state index contributed by atoms with van der Waals surface area (Å²) in [6.45, 7) is 3.65. The van der Waals surface area contributed by atoms with Crippen molar-refractivity contribution in [3.05, 3.63) is 22.8 Å². The largest absolute Gasteiger partial charge is 0.481 e. The van der Waals surface area contributed by atoms with Crippen LogP contribution < -0.4 is 0 Å².